The first-order valence-electron chi connectivity index (χ1n) is 8.80. The third-order valence-corrected chi connectivity index (χ3v) is 16.7. The van der Waals surface area contributed by atoms with Crippen molar-refractivity contribution in [2.75, 3.05) is 13.7 Å². The van der Waals surface area contributed by atoms with Gasteiger partial charge < -0.3 is 0 Å². The number of esters is 1. The van der Waals surface area contributed by atoms with Crippen molar-refractivity contribution in [1.29, 1.82) is 0 Å². The zero-order valence-electron chi connectivity index (χ0n) is 15.2. The molecule has 1 aromatic carbocycles. The van der Waals surface area contributed by atoms with Gasteiger partial charge in [-0.3, -0.25) is 0 Å². The van der Waals surface area contributed by atoms with Gasteiger partial charge in [0.2, 0.25) is 0 Å². The molecular formula is C19H24Cl2O4Te. The first kappa shape index (κ1) is 20.1. The number of carbonyl (C=O) groups excluding carboxylic acids is 1. The van der Waals surface area contributed by atoms with E-state index in [0.29, 0.717) is 17.9 Å². The number of allylic oxidation sites excluding steroid dienone is 1. The molecule has 0 aromatic heterocycles. The van der Waals surface area contributed by atoms with Crippen molar-refractivity contribution in [2.45, 2.75) is 43.2 Å². The quantitative estimate of drug-likeness (QED) is 0.436. The predicted octanol–water partition coefficient (Wildman–Crippen LogP) is 4.23. The van der Waals surface area contributed by atoms with Crippen LogP contribution in [0.15, 0.2) is 35.6 Å². The number of halogens is 2. The van der Waals surface area contributed by atoms with Crippen LogP contribution in [0.4, 0.5) is 0 Å². The van der Waals surface area contributed by atoms with Gasteiger partial charge in [-0.1, -0.05) is 0 Å². The number of ether oxygens (including phenoxy) is 3. The fourth-order valence-electron chi connectivity index (χ4n) is 3.87. The monoisotopic (exact) mass is 516 g/mol. The first-order chi connectivity index (χ1) is 12.4. The summed E-state index contributed by atoms with van der Waals surface area (Å²) in [5.74, 6) is 1.19. The molecule has 0 amide bonds. The van der Waals surface area contributed by atoms with Crippen molar-refractivity contribution >= 4 is 43.4 Å². The van der Waals surface area contributed by atoms with Crippen molar-refractivity contribution in [2.24, 2.45) is 5.92 Å². The second kappa shape index (κ2) is 8.19. The zero-order chi connectivity index (χ0) is 18.9. The second-order valence-corrected chi connectivity index (χ2v) is 20.1. The molecule has 1 saturated carbocycles. The van der Waals surface area contributed by atoms with Crippen molar-refractivity contribution in [3.8, 4) is 5.75 Å². The summed E-state index contributed by atoms with van der Waals surface area (Å²) in [6, 6.07) is 7.71. The van der Waals surface area contributed by atoms with Crippen LogP contribution in [0.1, 0.15) is 33.1 Å². The van der Waals surface area contributed by atoms with Gasteiger partial charge in [0.05, 0.1) is 0 Å². The topological polar surface area (TPSA) is 44.8 Å². The van der Waals surface area contributed by atoms with Gasteiger partial charge in [0, 0.05) is 0 Å². The normalized spacial score (nSPS) is 26.1. The third kappa shape index (κ3) is 3.69. The van der Waals surface area contributed by atoms with Gasteiger partial charge in [0.1, 0.15) is 0 Å². The molecule has 3 rings (SSSR count). The summed E-state index contributed by atoms with van der Waals surface area (Å²) in [4.78, 5) is 12.4. The molecule has 1 aliphatic carbocycles. The Labute approximate surface area is 166 Å². The van der Waals surface area contributed by atoms with Crippen LogP contribution in [0.5, 0.6) is 5.75 Å². The van der Waals surface area contributed by atoms with E-state index >= 15 is 0 Å². The predicted molar refractivity (Wildman–Crippen MR) is 105 cm³/mol. The molecule has 1 fully saturated rings. The van der Waals surface area contributed by atoms with Crippen LogP contribution in [-0.4, -0.2) is 41.7 Å². The number of fused-ring (bicyclic) bond motifs is 1. The van der Waals surface area contributed by atoms with Crippen molar-refractivity contribution in [1.82, 2.24) is 0 Å². The fourth-order valence-corrected chi connectivity index (χ4v) is 13.2. The molecule has 0 bridgehead atoms. The van der Waals surface area contributed by atoms with E-state index in [-0.39, 0.29) is 22.0 Å². The van der Waals surface area contributed by atoms with E-state index < -0.39 is 15.9 Å². The molecule has 0 saturated heterocycles. The van der Waals surface area contributed by atoms with Crippen LogP contribution in [0.2, 0.25) is 3.97 Å². The van der Waals surface area contributed by atoms with Crippen LogP contribution >= 0.6 is 17.9 Å². The SMILES string of the molecule is CCOC(=O)C1=C(C)O[C@H]2[C@@H]1CCC[C@@H]2[Te](Cl)(Cl)c1ccc(OC)cc1. The molecule has 0 radical (unpaired) electrons. The molecule has 7 heteroatoms. The Morgan fingerprint density at radius 3 is 2.58 bits per heavy atom. The number of benzene rings is 1. The van der Waals surface area contributed by atoms with Gasteiger partial charge in [-0.05, 0) is 0 Å². The summed E-state index contributed by atoms with van der Waals surface area (Å²) in [5, 5.41) is 0. The summed E-state index contributed by atoms with van der Waals surface area (Å²) < 4.78 is 17.7. The standard InChI is InChI=1S/C19H24Cl2O4Te/c1-4-24-19(22)17-12(2)25-18-15(17)6-5-7-16(18)26(20,21)14-10-8-13(23-3)9-11-14/h8-11,15-16,18H,4-7H2,1-3H3/t15-,16+,18+/m1/s1. The zero-order valence-corrected chi connectivity index (χ0v) is 19.0. The third-order valence-electron chi connectivity index (χ3n) is 5.08. The number of hydrogen-bond acceptors (Lipinski definition) is 4. The summed E-state index contributed by atoms with van der Waals surface area (Å²) in [7, 11) is 15.7. The second-order valence-electron chi connectivity index (χ2n) is 6.53. The molecular weight excluding hydrogens is 491 g/mol. The van der Waals surface area contributed by atoms with Crippen LogP contribution in [-0.2, 0) is 14.3 Å². The van der Waals surface area contributed by atoms with Gasteiger partial charge >= 0.3 is 167 Å². The fraction of sp³-hybridized carbons (Fsp3) is 0.526. The average Bonchev–Trinajstić information content (AvgIpc) is 2.97. The van der Waals surface area contributed by atoms with E-state index in [9.17, 15) is 4.79 Å². The summed E-state index contributed by atoms with van der Waals surface area (Å²) in [6.45, 7) is 4.01. The van der Waals surface area contributed by atoms with E-state index in [0.717, 1.165) is 28.6 Å². The van der Waals surface area contributed by atoms with Crippen molar-refractivity contribution < 1.29 is 19.0 Å². The van der Waals surface area contributed by atoms with E-state index in [1.54, 1.807) is 7.11 Å². The number of rotatable bonds is 5. The summed E-state index contributed by atoms with van der Waals surface area (Å²) in [5.41, 5.74) is 0.670. The molecule has 4 nitrogen and oxygen atoms in total. The molecule has 0 unspecified atom stereocenters. The number of methoxy groups -OCH3 is 1. The Bertz CT molecular complexity index is 702. The van der Waals surface area contributed by atoms with Crippen molar-refractivity contribution in [3.63, 3.8) is 0 Å². The number of carbonyl (C=O) groups is 1. The average molecular weight is 515 g/mol. The minimum atomic E-state index is -3.46. The van der Waals surface area contributed by atoms with E-state index in [2.05, 4.69) is 0 Å². The van der Waals surface area contributed by atoms with Gasteiger partial charge in [-0.15, -0.1) is 0 Å². The van der Waals surface area contributed by atoms with Gasteiger partial charge in [0.15, 0.2) is 0 Å². The Morgan fingerprint density at radius 1 is 1.27 bits per heavy atom. The molecule has 1 aromatic rings. The molecule has 1 heterocycles. The molecule has 0 spiro atoms. The summed E-state index contributed by atoms with van der Waals surface area (Å²) >= 11 is -3.46. The molecule has 2 aliphatic rings. The molecule has 26 heavy (non-hydrogen) atoms. The van der Waals surface area contributed by atoms with Crippen LogP contribution in [0, 0.1) is 5.92 Å². The first-order valence-corrected chi connectivity index (χ1v) is 17.2. The minimum absolute atomic E-state index is 0.0224. The Hall–Kier alpha value is -0.600. The maximum atomic E-state index is 12.4. The summed E-state index contributed by atoms with van der Waals surface area (Å²) in [6.07, 6.45) is 2.67. The Kier molecular flexibility index (Phi) is 6.34. The molecule has 144 valence electrons. The molecule has 3 atom stereocenters. The van der Waals surface area contributed by atoms with E-state index in [1.165, 1.54) is 0 Å². The van der Waals surface area contributed by atoms with Crippen LogP contribution in [0.3, 0.4) is 0 Å². The Balaban J connectivity index is 1.86. The number of hydrogen-bond donors (Lipinski definition) is 0. The van der Waals surface area contributed by atoms with Crippen molar-refractivity contribution in [3.05, 3.63) is 35.6 Å². The Morgan fingerprint density at radius 2 is 1.96 bits per heavy atom. The van der Waals surface area contributed by atoms with E-state index in [4.69, 9.17) is 32.1 Å². The molecule has 0 N–H and O–H groups in total. The van der Waals surface area contributed by atoms with Crippen LogP contribution in [0.25, 0.3) is 0 Å². The van der Waals surface area contributed by atoms with Gasteiger partial charge in [0.25, 0.3) is 0 Å². The van der Waals surface area contributed by atoms with Crippen LogP contribution < -0.4 is 8.35 Å². The maximum absolute atomic E-state index is 12.4. The van der Waals surface area contributed by atoms with Gasteiger partial charge in [-0.2, -0.15) is 0 Å². The molecule has 1 aliphatic heterocycles. The van der Waals surface area contributed by atoms with Gasteiger partial charge in [-0.25, -0.2) is 0 Å². The van der Waals surface area contributed by atoms with E-state index in [1.807, 2.05) is 38.1 Å².